The molecule has 0 radical (unpaired) electrons. The maximum Gasteiger partial charge on any atom is 0.387 e. The summed E-state index contributed by atoms with van der Waals surface area (Å²) in [6.45, 7) is 0.275. The van der Waals surface area contributed by atoms with Gasteiger partial charge in [-0.3, -0.25) is 0 Å². The number of hydrogen-bond acceptors (Lipinski definition) is 2. The number of halogens is 2. The SMILES string of the molecule is C=C(C(=O)O)c1ccccc1OC(F)F. The molecule has 0 bridgehead atoms. The van der Waals surface area contributed by atoms with Crippen molar-refractivity contribution in [3.05, 3.63) is 36.4 Å². The van der Waals surface area contributed by atoms with Gasteiger partial charge in [0.15, 0.2) is 0 Å². The quantitative estimate of drug-likeness (QED) is 0.782. The highest BCUT2D eigenvalue weighted by molar-refractivity contribution is 6.15. The van der Waals surface area contributed by atoms with Crippen molar-refractivity contribution in [2.45, 2.75) is 6.61 Å². The maximum absolute atomic E-state index is 12.0. The van der Waals surface area contributed by atoms with Gasteiger partial charge in [-0.05, 0) is 6.07 Å². The Morgan fingerprint density at radius 1 is 1.40 bits per heavy atom. The lowest BCUT2D eigenvalue weighted by Crippen LogP contribution is -2.06. The van der Waals surface area contributed by atoms with Crippen LogP contribution in [0.25, 0.3) is 5.57 Å². The van der Waals surface area contributed by atoms with E-state index in [0.29, 0.717) is 0 Å². The van der Waals surface area contributed by atoms with Crippen molar-refractivity contribution in [1.82, 2.24) is 0 Å². The van der Waals surface area contributed by atoms with Crippen LogP contribution in [-0.4, -0.2) is 17.7 Å². The van der Waals surface area contributed by atoms with Gasteiger partial charge in [0.25, 0.3) is 0 Å². The van der Waals surface area contributed by atoms with Gasteiger partial charge in [0, 0.05) is 5.56 Å². The van der Waals surface area contributed by atoms with Crippen molar-refractivity contribution in [2.75, 3.05) is 0 Å². The number of carbonyl (C=O) groups is 1. The lowest BCUT2D eigenvalue weighted by Gasteiger charge is -2.09. The van der Waals surface area contributed by atoms with Crippen molar-refractivity contribution in [3.63, 3.8) is 0 Å². The van der Waals surface area contributed by atoms with Gasteiger partial charge in [0.2, 0.25) is 0 Å². The third-order valence-electron chi connectivity index (χ3n) is 1.69. The fourth-order valence-corrected chi connectivity index (χ4v) is 1.03. The van der Waals surface area contributed by atoms with Gasteiger partial charge >= 0.3 is 12.6 Å². The largest absolute Gasteiger partial charge is 0.478 e. The molecular weight excluding hydrogens is 206 g/mol. The van der Waals surface area contributed by atoms with Crippen LogP contribution in [0.2, 0.25) is 0 Å². The Balaban J connectivity index is 3.06. The second-order valence-electron chi connectivity index (χ2n) is 2.66. The molecule has 0 aromatic heterocycles. The summed E-state index contributed by atoms with van der Waals surface area (Å²) in [6, 6.07) is 5.60. The number of carboxylic acids is 1. The third kappa shape index (κ3) is 2.77. The van der Waals surface area contributed by atoms with E-state index in [2.05, 4.69) is 11.3 Å². The highest BCUT2D eigenvalue weighted by Gasteiger charge is 2.15. The molecule has 0 saturated heterocycles. The van der Waals surface area contributed by atoms with E-state index in [-0.39, 0.29) is 16.9 Å². The highest BCUT2D eigenvalue weighted by atomic mass is 19.3. The molecule has 80 valence electrons. The van der Waals surface area contributed by atoms with Crippen molar-refractivity contribution in [1.29, 1.82) is 0 Å². The molecule has 0 atom stereocenters. The van der Waals surface area contributed by atoms with E-state index in [4.69, 9.17) is 5.11 Å². The molecule has 1 rings (SSSR count). The van der Waals surface area contributed by atoms with Crippen LogP contribution >= 0.6 is 0 Å². The number of hydrogen-bond donors (Lipinski definition) is 1. The maximum atomic E-state index is 12.0. The minimum absolute atomic E-state index is 0.0466. The molecule has 0 heterocycles. The molecule has 0 amide bonds. The lowest BCUT2D eigenvalue weighted by atomic mass is 10.1. The van der Waals surface area contributed by atoms with Gasteiger partial charge in [-0.15, -0.1) is 0 Å². The summed E-state index contributed by atoms with van der Waals surface area (Å²) < 4.78 is 28.1. The first kappa shape index (κ1) is 11.2. The first-order valence-electron chi connectivity index (χ1n) is 3.98. The molecule has 0 spiro atoms. The number of aliphatic carboxylic acids is 1. The molecule has 1 aromatic carbocycles. The number of para-hydroxylation sites is 1. The highest BCUT2D eigenvalue weighted by Crippen LogP contribution is 2.26. The Bertz CT molecular complexity index is 388. The number of alkyl halides is 2. The zero-order valence-corrected chi connectivity index (χ0v) is 7.61. The number of rotatable bonds is 4. The smallest absolute Gasteiger partial charge is 0.387 e. The van der Waals surface area contributed by atoms with Crippen LogP contribution in [0.5, 0.6) is 5.75 Å². The Morgan fingerprint density at radius 2 is 2.00 bits per heavy atom. The summed E-state index contributed by atoms with van der Waals surface area (Å²) in [5.74, 6) is -1.47. The molecule has 0 saturated carbocycles. The van der Waals surface area contributed by atoms with E-state index < -0.39 is 12.6 Å². The van der Waals surface area contributed by atoms with Gasteiger partial charge in [-0.1, -0.05) is 24.8 Å². The van der Waals surface area contributed by atoms with Crippen molar-refractivity contribution in [3.8, 4) is 5.75 Å². The lowest BCUT2D eigenvalue weighted by molar-refractivity contribution is -0.130. The third-order valence-corrected chi connectivity index (χ3v) is 1.69. The summed E-state index contributed by atoms with van der Waals surface area (Å²) in [7, 11) is 0. The molecule has 1 aromatic rings. The molecule has 15 heavy (non-hydrogen) atoms. The predicted molar refractivity (Wildman–Crippen MR) is 49.7 cm³/mol. The molecule has 1 N–H and O–H groups in total. The van der Waals surface area contributed by atoms with Crippen molar-refractivity contribution >= 4 is 11.5 Å². The van der Waals surface area contributed by atoms with Crippen molar-refractivity contribution < 1.29 is 23.4 Å². The second-order valence-corrected chi connectivity index (χ2v) is 2.66. The van der Waals surface area contributed by atoms with E-state index in [9.17, 15) is 13.6 Å². The predicted octanol–water partition coefficient (Wildman–Crippen LogP) is 2.39. The van der Waals surface area contributed by atoms with E-state index in [1.165, 1.54) is 24.3 Å². The summed E-state index contributed by atoms with van der Waals surface area (Å²) in [4.78, 5) is 10.6. The van der Waals surface area contributed by atoms with Crippen LogP contribution in [0, 0.1) is 0 Å². The summed E-state index contributed by atoms with van der Waals surface area (Å²) in [5, 5.41) is 8.65. The molecule has 0 unspecified atom stereocenters. The number of ether oxygens (including phenoxy) is 1. The Labute approximate surface area is 84.6 Å². The second kappa shape index (κ2) is 4.54. The van der Waals surface area contributed by atoms with E-state index in [1.807, 2.05) is 0 Å². The standard InChI is InChI=1S/C10H8F2O3/c1-6(9(13)14)7-4-2-3-5-8(7)15-10(11)12/h2-5,10H,1H2,(H,13,14). The van der Waals surface area contributed by atoms with E-state index in [0.717, 1.165) is 0 Å². The molecule has 0 aliphatic carbocycles. The minimum atomic E-state index is -2.99. The molecule has 0 aliphatic heterocycles. The Morgan fingerprint density at radius 3 is 2.53 bits per heavy atom. The Kier molecular flexibility index (Phi) is 3.38. The fraction of sp³-hybridized carbons (Fsp3) is 0.100. The Hall–Kier alpha value is -1.91. The van der Waals surface area contributed by atoms with Gasteiger partial charge in [-0.25, -0.2) is 4.79 Å². The summed E-state index contributed by atoms with van der Waals surface area (Å²) in [5.41, 5.74) is -0.239. The normalized spacial score (nSPS) is 10.1. The zero-order valence-electron chi connectivity index (χ0n) is 7.61. The van der Waals surface area contributed by atoms with Gasteiger partial charge in [0.1, 0.15) is 5.75 Å². The summed E-state index contributed by atoms with van der Waals surface area (Å²) in [6.07, 6.45) is 0. The molecular formula is C10H8F2O3. The van der Waals surface area contributed by atoms with Crippen molar-refractivity contribution in [2.24, 2.45) is 0 Å². The van der Waals surface area contributed by atoms with Crippen LogP contribution in [0.4, 0.5) is 8.78 Å². The summed E-state index contributed by atoms with van der Waals surface area (Å²) >= 11 is 0. The van der Waals surface area contributed by atoms with Gasteiger partial charge in [0.05, 0.1) is 5.57 Å². The van der Waals surface area contributed by atoms with Crippen LogP contribution in [0.15, 0.2) is 30.8 Å². The van der Waals surface area contributed by atoms with Crippen LogP contribution < -0.4 is 4.74 Å². The molecule has 0 aliphatic rings. The first-order valence-corrected chi connectivity index (χ1v) is 3.98. The fourth-order valence-electron chi connectivity index (χ4n) is 1.03. The van der Waals surface area contributed by atoms with E-state index >= 15 is 0 Å². The molecule has 0 fully saturated rings. The van der Waals surface area contributed by atoms with Crippen LogP contribution in [0.1, 0.15) is 5.56 Å². The average molecular weight is 214 g/mol. The minimum Gasteiger partial charge on any atom is -0.478 e. The van der Waals surface area contributed by atoms with Gasteiger partial charge in [-0.2, -0.15) is 8.78 Å². The van der Waals surface area contributed by atoms with Gasteiger partial charge < -0.3 is 9.84 Å². The first-order chi connectivity index (χ1) is 7.02. The van der Waals surface area contributed by atoms with Crippen LogP contribution in [-0.2, 0) is 4.79 Å². The zero-order chi connectivity index (χ0) is 11.4. The number of carboxylic acid groups (broad SMARTS) is 1. The molecule has 5 heteroatoms. The topological polar surface area (TPSA) is 46.5 Å². The van der Waals surface area contributed by atoms with Crippen LogP contribution in [0.3, 0.4) is 0 Å². The van der Waals surface area contributed by atoms with E-state index in [1.54, 1.807) is 0 Å². The monoisotopic (exact) mass is 214 g/mol. The average Bonchev–Trinajstić information content (AvgIpc) is 2.16. The number of benzene rings is 1. The molecule has 3 nitrogen and oxygen atoms in total.